The van der Waals surface area contributed by atoms with Gasteiger partial charge in [0, 0.05) is 17.5 Å². The molecule has 13 heteroatoms. The van der Waals surface area contributed by atoms with Crippen LogP contribution >= 0.6 is 0 Å². The van der Waals surface area contributed by atoms with Crippen LogP contribution in [-0.2, 0) is 31.0 Å². The van der Waals surface area contributed by atoms with E-state index in [1.54, 1.807) is 18.2 Å². The van der Waals surface area contributed by atoms with Gasteiger partial charge in [0.25, 0.3) is 16.4 Å². The summed E-state index contributed by atoms with van der Waals surface area (Å²) >= 11 is -1.21. The predicted molar refractivity (Wildman–Crippen MR) is 137 cm³/mol. The Morgan fingerprint density at radius 3 is 2.14 bits per heavy atom. The number of aromatic nitrogens is 2. The van der Waals surface area contributed by atoms with Crippen molar-refractivity contribution in [3.8, 4) is 16.9 Å². The van der Waals surface area contributed by atoms with Crippen molar-refractivity contribution in [2.24, 2.45) is 0 Å². The molecule has 194 valence electrons. The van der Waals surface area contributed by atoms with Gasteiger partial charge in [-0.25, -0.2) is 30.3 Å². The molecule has 37 heavy (non-hydrogen) atoms. The molecule has 0 saturated carbocycles. The molecule has 8 nitrogen and oxygen atoms in total. The molecule has 0 aliphatic rings. The Morgan fingerprint density at radius 2 is 1.57 bits per heavy atom. The highest BCUT2D eigenvalue weighted by molar-refractivity contribution is 7.92. The first-order valence-corrected chi connectivity index (χ1v) is 15.5. The molecule has 1 heterocycles. The number of hydrogen-bond donors (Lipinski definition) is 1. The van der Waals surface area contributed by atoms with Crippen LogP contribution in [0, 0.1) is 0 Å². The highest BCUT2D eigenvalue weighted by Gasteiger charge is 2.21. The van der Waals surface area contributed by atoms with Gasteiger partial charge in [-0.1, -0.05) is 12.1 Å². The van der Waals surface area contributed by atoms with E-state index in [4.69, 9.17) is 0 Å². The van der Waals surface area contributed by atoms with Gasteiger partial charge in [0.15, 0.2) is 14.7 Å². The summed E-state index contributed by atoms with van der Waals surface area (Å²) in [6.45, 7) is 0. The van der Waals surface area contributed by atoms with E-state index in [9.17, 15) is 30.2 Å². The molecule has 1 N–H and O–H groups in total. The smallest absolute Gasteiger partial charge is 0.282 e. The zero-order chi connectivity index (χ0) is 27.0. The van der Waals surface area contributed by atoms with Crippen LogP contribution in [0.3, 0.4) is 0 Å². The normalized spacial score (nSPS) is 13.0. The summed E-state index contributed by atoms with van der Waals surface area (Å²) in [5, 5.41) is 3.96. The Morgan fingerprint density at radius 1 is 0.919 bits per heavy atom. The van der Waals surface area contributed by atoms with E-state index in [1.807, 2.05) is 0 Å². The standard InChI is InChI=1S/C24H21F2N3O5S3/c1-35(30)19-10-6-17(7-11-19)28-37(33,34)21-5-3-4-16(14-21)23-15-22(24(25)26)27-29(23)18-8-12-20(13-9-18)36(2,31)32/h3-15,24,28H,1-2H3. The van der Waals surface area contributed by atoms with Gasteiger partial charge in [0.1, 0.15) is 11.9 Å². The van der Waals surface area contributed by atoms with E-state index < -0.39 is 43.2 Å². The van der Waals surface area contributed by atoms with Crippen LogP contribution in [0.1, 0.15) is 12.1 Å². The number of rotatable bonds is 8. The maximum atomic E-state index is 13.5. The van der Waals surface area contributed by atoms with Gasteiger partial charge in [0.05, 0.1) is 21.2 Å². The van der Waals surface area contributed by atoms with Gasteiger partial charge in [-0.2, -0.15) is 5.10 Å². The first-order valence-electron chi connectivity index (χ1n) is 10.6. The summed E-state index contributed by atoms with van der Waals surface area (Å²) in [5.74, 6) is 0. The largest absolute Gasteiger partial charge is 0.612 e. The van der Waals surface area contributed by atoms with Gasteiger partial charge in [-0.3, -0.25) is 4.72 Å². The van der Waals surface area contributed by atoms with Crippen LogP contribution in [0.4, 0.5) is 14.5 Å². The Labute approximate surface area is 216 Å². The Bertz CT molecular complexity index is 1640. The lowest BCUT2D eigenvalue weighted by atomic mass is 10.1. The molecule has 1 aromatic heterocycles. The molecule has 0 fully saturated rings. The summed E-state index contributed by atoms with van der Waals surface area (Å²) in [6.07, 6.45) is -0.325. The number of nitrogens with one attached hydrogen (secondary N) is 1. The first kappa shape index (κ1) is 26.8. The van der Waals surface area contributed by atoms with Crippen LogP contribution in [0.2, 0.25) is 0 Å². The zero-order valence-electron chi connectivity index (χ0n) is 19.5. The zero-order valence-corrected chi connectivity index (χ0v) is 21.9. The van der Waals surface area contributed by atoms with Crippen molar-refractivity contribution in [2.45, 2.75) is 21.1 Å². The molecule has 0 radical (unpaired) electrons. The lowest BCUT2D eigenvalue weighted by molar-refractivity contribution is 0.145. The maximum absolute atomic E-state index is 13.5. The molecular formula is C24H21F2N3O5S3. The number of hydrogen-bond acceptors (Lipinski definition) is 6. The van der Waals surface area contributed by atoms with E-state index >= 15 is 0 Å². The van der Waals surface area contributed by atoms with Crippen LogP contribution in [0.5, 0.6) is 0 Å². The molecule has 1 atom stereocenters. The third-order valence-electron chi connectivity index (χ3n) is 5.34. The topological polar surface area (TPSA) is 121 Å². The van der Waals surface area contributed by atoms with Crippen molar-refractivity contribution in [1.82, 2.24) is 9.78 Å². The van der Waals surface area contributed by atoms with E-state index in [0.29, 0.717) is 16.1 Å². The number of halogens is 2. The second kappa shape index (κ2) is 10.2. The number of anilines is 1. The van der Waals surface area contributed by atoms with Crippen molar-refractivity contribution < 1.29 is 30.2 Å². The van der Waals surface area contributed by atoms with Crippen molar-refractivity contribution in [1.29, 1.82) is 0 Å². The quantitative estimate of drug-likeness (QED) is 0.316. The Balaban J connectivity index is 1.72. The van der Waals surface area contributed by atoms with Gasteiger partial charge >= 0.3 is 0 Å². The highest BCUT2D eigenvalue weighted by Crippen LogP contribution is 2.30. The number of benzene rings is 3. The fourth-order valence-electron chi connectivity index (χ4n) is 3.49. The van der Waals surface area contributed by atoms with Gasteiger partial charge in [-0.15, -0.1) is 0 Å². The highest BCUT2D eigenvalue weighted by atomic mass is 32.2. The van der Waals surface area contributed by atoms with Crippen molar-refractivity contribution in [3.63, 3.8) is 0 Å². The molecular weight excluding hydrogens is 544 g/mol. The SMILES string of the molecule is C[S+]([O-])c1ccc(NS(=O)(=O)c2cccc(-c3cc(C(F)F)nn3-c3ccc(S(C)(=O)=O)cc3)c2)cc1. The average Bonchev–Trinajstić information content (AvgIpc) is 3.30. The van der Waals surface area contributed by atoms with Crippen molar-refractivity contribution >= 4 is 36.7 Å². The summed E-state index contributed by atoms with van der Waals surface area (Å²) in [5.41, 5.74) is 0.534. The van der Waals surface area contributed by atoms with Crippen molar-refractivity contribution in [3.05, 3.63) is 84.6 Å². The Hall–Kier alpha value is -3.26. The second-order valence-corrected chi connectivity index (χ2v) is 13.1. The predicted octanol–water partition coefficient (Wildman–Crippen LogP) is 4.42. The fraction of sp³-hybridized carbons (Fsp3) is 0.125. The Kier molecular flexibility index (Phi) is 7.42. The third kappa shape index (κ3) is 6.01. The molecule has 0 amide bonds. The fourth-order valence-corrected chi connectivity index (χ4v) is 5.75. The first-order chi connectivity index (χ1) is 17.3. The van der Waals surface area contributed by atoms with E-state index in [-0.39, 0.29) is 21.2 Å². The molecule has 0 bridgehead atoms. The monoisotopic (exact) mass is 565 g/mol. The molecule has 0 aliphatic heterocycles. The summed E-state index contributed by atoms with van der Waals surface area (Å²) in [7, 11) is -7.52. The molecule has 1 unspecified atom stereocenters. The van der Waals surface area contributed by atoms with Crippen LogP contribution < -0.4 is 4.72 Å². The average molecular weight is 566 g/mol. The van der Waals surface area contributed by atoms with Crippen LogP contribution in [0.15, 0.2) is 93.5 Å². The molecule has 0 saturated heterocycles. The summed E-state index contributed by atoms with van der Waals surface area (Å²) < 4.78 is 91.9. The number of nitrogens with zero attached hydrogens (tertiary/aromatic N) is 2. The van der Waals surface area contributed by atoms with Gasteiger partial charge < -0.3 is 4.55 Å². The van der Waals surface area contributed by atoms with Gasteiger partial charge in [-0.05, 0) is 77.9 Å². The summed E-state index contributed by atoms with van der Waals surface area (Å²) in [4.78, 5) is 0.473. The van der Waals surface area contributed by atoms with E-state index in [0.717, 1.165) is 12.3 Å². The third-order valence-corrected chi connectivity index (χ3v) is 8.78. The summed E-state index contributed by atoms with van der Waals surface area (Å²) in [6, 6.07) is 18.5. The molecule has 0 aliphatic carbocycles. The molecule has 4 rings (SSSR count). The number of sulfonamides is 1. The van der Waals surface area contributed by atoms with Gasteiger partial charge in [0.2, 0.25) is 0 Å². The van der Waals surface area contributed by atoms with Crippen LogP contribution in [-0.4, -0.2) is 43.7 Å². The molecule has 4 aromatic rings. The minimum absolute atomic E-state index is 0.0522. The van der Waals surface area contributed by atoms with E-state index in [2.05, 4.69) is 9.82 Å². The van der Waals surface area contributed by atoms with Crippen molar-refractivity contribution in [2.75, 3.05) is 17.2 Å². The number of sulfone groups is 1. The maximum Gasteiger partial charge on any atom is 0.282 e. The molecule has 3 aromatic carbocycles. The second-order valence-electron chi connectivity index (χ2n) is 8.04. The van der Waals surface area contributed by atoms with Crippen LogP contribution in [0.25, 0.3) is 16.9 Å². The minimum atomic E-state index is -4.06. The minimum Gasteiger partial charge on any atom is -0.612 e. The number of alkyl halides is 2. The molecule has 0 spiro atoms. The lowest BCUT2D eigenvalue weighted by Crippen LogP contribution is -2.13. The van der Waals surface area contributed by atoms with E-state index in [1.165, 1.54) is 65.5 Å². The lowest BCUT2D eigenvalue weighted by Gasteiger charge is -2.12.